The Labute approximate surface area is 122 Å². The van der Waals surface area contributed by atoms with Gasteiger partial charge in [-0.25, -0.2) is 0 Å². The number of halogens is 1. The van der Waals surface area contributed by atoms with Crippen molar-refractivity contribution >= 4 is 17.3 Å². The van der Waals surface area contributed by atoms with Crippen molar-refractivity contribution in [2.45, 2.75) is 58.9 Å². The van der Waals surface area contributed by atoms with E-state index in [-0.39, 0.29) is 0 Å². The zero-order valence-electron chi connectivity index (χ0n) is 12.4. The van der Waals surface area contributed by atoms with Crippen LogP contribution in [0, 0.1) is 18.8 Å². The topological polar surface area (TPSA) is 12.0 Å². The first-order chi connectivity index (χ1) is 9.06. The van der Waals surface area contributed by atoms with Crippen LogP contribution >= 0.6 is 11.6 Å². The van der Waals surface area contributed by atoms with Gasteiger partial charge >= 0.3 is 0 Å². The fraction of sp³-hybridized carbons (Fsp3) is 0.647. The summed E-state index contributed by atoms with van der Waals surface area (Å²) < 4.78 is 0. The van der Waals surface area contributed by atoms with Gasteiger partial charge in [0.05, 0.1) is 0 Å². The van der Waals surface area contributed by atoms with E-state index in [0.717, 1.165) is 16.9 Å². The minimum absolute atomic E-state index is 0.612. The van der Waals surface area contributed by atoms with Crippen molar-refractivity contribution in [3.63, 3.8) is 0 Å². The molecule has 1 N–H and O–H groups in total. The number of benzene rings is 1. The molecule has 0 saturated heterocycles. The van der Waals surface area contributed by atoms with Gasteiger partial charge in [0.2, 0.25) is 0 Å². The molecule has 1 saturated carbocycles. The summed E-state index contributed by atoms with van der Waals surface area (Å²) >= 11 is 6.09. The molecule has 19 heavy (non-hydrogen) atoms. The molecule has 2 atom stereocenters. The number of rotatable bonds is 3. The molecule has 1 aliphatic rings. The smallest absolute Gasteiger partial charge is 0.0426 e. The van der Waals surface area contributed by atoms with E-state index in [0.29, 0.717) is 6.04 Å². The lowest BCUT2D eigenvalue weighted by Gasteiger charge is -2.21. The van der Waals surface area contributed by atoms with E-state index in [1.54, 1.807) is 0 Å². The Kier molecular flexibility index (Phi) is 5.15. The van der Waals surface area contributed by atoms with E-state index in [9.17, 15) is 0 Å². The number of hydrogen-bond acceptors (Lipinski definition) is 1. The summed E-state index contributed by atoms with van der Waals surface area (Å²) in [5.74, 6) is 1.74. The van der Waals surface area contributed by atoms with Crippen LogP contribution in [0.2, 0.25) is 5.02 Å². The van der Waals surface area contributed by atoms with Crippen LogP contribution in [0.1, 0.15) is 51.5 Å². The van der Waals surface area contributed by atoms with E-state index in [4.69, 9.17) is 11.6 Å². The van der Waals surface area contributed by atoms with Gasteiger partial charge in [0.1, 0.15) is 0 Å². The minimum atomic E-state index is 0.612. The standard InChI is InChI=1S/C17H26ClN/c1-12(2)14-5-4-6-16(10-8-14)19-17-11-15(18)9-7-13(17)3/h7,9,11-12,14,16,19H,4-6,8,10H2,1-3H3. The zero-order valence-corrected chi connectivity index (χ0v) is 13.1. The molecule has 0 aromatic heterocycles. The largest absolute Gasteiger partial charge is 0.382 e. The maximum atomic E-state index is 6.09. The summed E-state index contributed by atoms with van der Waals surface area (Å²) in [6, 6.07) is 6.73. The summed E-state index contributed by atoms with van der Waals surface area (Å²) in [5.41, 5.74) is 2.49. The predicted molar refractivity (Wildman–Crippen MR) is 85.0 cm³/mol. The third-order valence-electron chi connectivity index (χ3n) is 4.52. The van der Waals surface area contributed by atoms with E-state index in [2.05, 4.69) is 38.2 Å². The second-order valence-corrected chi connectivity index (χ2v) is 6.75. The van der Waals surface area contributed by atoms with E-state index in [1.165, 1.54) is 43.4 Å². The van der Waals surface area contributed by atoms with Crippen LogP contribution in [0.5, 0.6) is 0 Å². The number of hydrogen-bond donors (Lipinski definition) is 1. The van der Waals surface area contributed by atoms with Crippen molar-refractivity contribution in [1.29, 1.82) is 0 Å². The van der Waals surface area contributed by atoms with Crippen molar-refractivity contribution < 1.29 is 0 Å². The number of anilines is 1. The summed E-state index contributed by atoms with van der Waals surface area (Å²) in [6.07, 6.45) is 6.67. The Morgan fingerprint density at radius 3 is 2.68 bits per heavy atom. The number of nitrogens with one attached hydrogen (secondary N) is 1. The second-order valence-electron chi connectivity index (χ2n) is 6.31. The van der Waals surface area contributed by atoms with Gasteiger partial charge in [-0.3, -0.25) is 0 Å². The molecule has 2 heteroatoms. The molecule has 1 aliphatic carbocycles. The van der Waals surface area contributed by atoms with Crippen molar-refractivity contribution in [1.82, 2.24) is 0 Å². The van der Waals surface area contributed by atoms with Crippen LogP contribution in [-0.4, -0.2) is 6.04 Å². The molecule has 1 aromatic rings. The molecule has 0 spiro atoms. The van der Waals surface area contributed by atoms with Crippen LogP contribution in [0.3, 0.4) is 0 Å². The molecule has 0 radical (unpaired) electrons. The van der Waals surface area contributed by atoms with Crippen LogP contribution in [0.15, 0.2) is 18.2 Å². The van der Waals surface area contributed by atoms with Crippen molar-refractivity contribution in [3.05, 3.63) is 28.8 Å². The van der Waals surface area contributed by atoms with Gasteiger partial charge in [-0.2, -0.15) is 0 Å². The van der Waals surface area contributed by atoms with E-state index >= 15 is 0 Å². The van der Waals surface area contributed by atoms with Crippen molar-refractivity contribution in [2.24, 2.45) is 11.8 Å². The van der Waals surface area contributed by atoms with Crippen LogP contribution in [-0.2, 0) is 0 Å². The first-order valence-corrected chi connectivity index (χ1v) is 7.96. The van der Waals surface area contributed by atoms with Gasteiger partial charge in [0.25, 0.3) is 0 Å². The zero-order chi connectivity index (χ0) is 13.8. The fourth-order valence-corrected chi connectivity index (χ4v) is 3.28. The highest BCUT2D eigenvalue weighted by molar-refractivity contribution is 6.30. The highest BCUT2D eigenvalue weighted by Gasteiger charge is 2.21. The van der Waals surface area contributed by atoms with E-state index < -0.39 is 0 Å². The maximum Gasteiger partial charge on any atom is 0.0426 e. The molecule has 2 rings (SSSR count). The SMILES string of the molecule is Cc1ccc(Cl)cc1NC1CCCC(C(C)C)CC1. The van der Waals surface area contributed by atoms with Crippen LogP contribution < -0.4 is 5.32 Å². The van der Waals surface area contributed by atoms with Gasteiger partial charge in [0.15, 0.2) is 0 Å². The Morgan fingerprint density at radius 1 is 1.16 bits per heavy atom. The Bertz CT molecular complexity index is 414. The molecule has 0 bridgehead atoms. The molecule has 106 valence electrons. The summed E-state index contributed by atoms with van der Waals surface area (Å²) in [5, 5.41) is 4.53. The Morgan fingerprint density at radius 2 is 1.95 bits per heavy atom. The molecular weight excluding hydrogens is 254 g/mol. The average molecular weight is 280 g/mol. The second kappa shape index (κ2) is 6.65. The molecule has 0 heterocycles. The summed E-state index contributed by atoms with van der Waals surface area (Å²) in [6.45, 7) is 6.87. The van der Waals surface area contributed by atoms with E-state index in [1.807, 2.05) is 6.07 Å². The first-order valence-electron chi connectivity index (χ1n) is 7.59. The predicted octanol–water partition coefficient (Wildman–Crippen LogP) is 5.67. The Hall–Kier alpha value is -0.690. The molecule has 0 amide bonds. The van der Waals surface area contributed by atoms with Gasteiger partial charge < -0.3 is 5.32 Å². The highest BCUT2D eigenvalue weighted by atomic mass is 35.5. The maximum absolute atomic E-state index is 6.09. The van der Waals surface area contributed by atoms with Gasteiger partial charge in [-0.15, -0.1) is 0 Å². The van der Waals surface area contributed by atoms with Crippen LogP contribution in [0.25, 0.3) is 0 Å². The monoisotopic (exact) mass is 279 g/mol. The molecule has 1 fully saturated rings. The van der Waals surface area contributed by atoms with Crippen LogP contribution in [0.4, 0.5) is 5.69 Å². The quantitative estimate of drug-likeness (QED) is 0.704. The fourth-order valence-electron chi connectivity index (χ4n) is 3.11. The molecule has 0 aliphatic heterocycles. The van der Waals surface area contributed by atoms with Crippen molar-refractivity contribution in [2.75, 3.05) is 5.32 Å². The lowest BCUT2D eigenvalue weighted by Crippen LogP contribution is -2.19. The molecule has 1 aromatic carbocycles. The highest BCUT2D eigenvalue weighted by Crippen LogP contribution is 2.31. The normalized spacial score (nSPS) is 24.3. The third-order valence-corrected chi connectivity index (χ3v) is 4.75. The lowest BCUT2D eigenvalue weighted by atomic mass is 9.89. The molecule has 1 nitrogen and oxygen atoms in total. The van der Waals surface area contributed by atoms with Gasteiger partial charge in [-0.05, 0) is 55.7 Å². The minimum Gasteiger partial charge on any atom is -0.382 e. The van der Waals surface area contributed by atoms with Crippen molar-refractivity contribution in [3.8, 4) is 0 Å². The van der Waals surface area contributed by atoms with Gasteiger partial charge in [-0.1, -0.05) is 44.4 Å². The third kappa shape index (κ3) is 4.14. The Balaban J connectivity index is 1.98. The first kappa shape index (κ1) is 14.7. The molecule has 2 unspecified atom stereocenters. The summed E-state index contributed by atoms with van der Waals surface area (Å²) in [7, 11) is 0. The lowest BCUT2D eigenvalue weighted by molar-refractivity contribution is 0.341. The molecular formula is C17H26ClN. The average Bonchev–Trinajstić information content (AvgIpc) is 2.59. The number of aryl methyl sites for hydroxylation is 1. The van der Waals surface area contributed by atoms with Gasteiger partial charge in [0, 0.05) is 16.8 Å². The summed E-state index contributed by atoms with van der Waals surface area (Å²) in [4.78, 5) is 0.